The second kappa shape index (κ2) is 4.57. The molecule has 1 atom stereocenters. The summed E-state index contributed by atoms with van der Waals surface area (Å²) in [6.45, 7) is 7.96. The van der Waals surface area contributed by atoms with Gasteiger partial charge in [0.25, 0.3) is 0 Å². The summed E-state index contributed by atoms with van der Waals surface area (Å²) in [7, 11) is 1.68. The highest BCUT2D eigenvalue weighted by Crippen LogP contribution is 2.34. The number of rotatable bonds is 4. The summed E-state index contributed by atoms with van der Waals surface area (Å²) in [6.07, 6.45) is 0.282. The number of methoxy groups -OCH3 is 1. The second-order valence-corrected chi connectivity index (χ2v) is 5.38. The first-order valence-corrected chi connectivity index (χ1v) is 5.93. The first-order chi connectivity index (χ1) is 8.00. The molecule has 0 bridgehead atoms. The Labute approximate surface area is 103 Å². The quantitative estimate of drug-likeness (QED) is 0.753. The molecule has 0 aromatic heterocycles. The molecule has 0 radical (unpaired) electrons. The van der Waals surface area contributed by atoms with Gasteiger partial charge in [0.05, 0.1) is 13.7 Å². The second-order valence-electron chi connectivity index (χ2n) is 5.38. The lowest BCUT2D eigenvalue weighted by Gasteiger charge is -2.23. The molecule has 94 valence electrons. The summed E-state index contributed by atoms with van der Waals surface area (Å²) < 4.78 is 16.2. The van der Waals surface area contributed by atoms with Crippen molar-refractivity contribution in [1.82, 2.24) is 0 Å². The van der Waals surface area contributed by atoms with E-state index in [1.54, 1.807) is 7.11 Å². The summed E-state index contributed by atoms with van der Waals surface area (Å²) in [5.41, 5.74) is 1.20. The van der Waals surface area contributed by atoms with Crippen LogP contribution in [0.4, 0.5) is 0 Å². The van der Waals surface area contributed by atoms with E-state index in [1.807, 2.05) is 18.2 Å². The van der Waals surface area contributed by atoms with Crippen LogP contribution in [0, 0.1) is 0 Å². The Hall–Kier alpha value is -1.22. The van der Waals surface area contributed by atoms with Gasteiger partial charge in [0.15, 0.2) is 0 Å². The Kier molecular flexibility index (Phi) is 3.29. The molecule has 3 nitrogen and oxygen atoms in total. The summed E-state index contributed by atoms with van der Waals surface area (Å²) in [5, 5.41) is 0. The number of ether oxygens (including phenoxy) is 3. The zero-order chi connectivity index (χ0) is 12.5. The molecule has 0 saturated carbocycles. The predicted molar refractivity (Wildman–Crippen MR) is 66.9 cm³/mol. The molecule has 0 N–H and O–H groups in total. The van der Waals surface area contributed by atoms with Gasteiger partial charge in [0.2, 0.25) is 0 Å². The van der Waals surface area contributed by atoms with Gasteiger partial charge in [-0.25, -0.2) is 0 Å². The molecule has 0 aliphatic carbocycles. The lowest BCUT2D eigenvalue weighted by Crippen LogP contribution is -2.15. The number of benzene rings is 1. The fraction of sp³-hybridized carbons (Fsp3) is 0.571. The van der Waals surface area contributed by atoms with Crippen molar-refractivity contribution in [1.29, 1.82) is 0 Å². The van der Waals surface area contributed by atoms with Gasteiger partial charge in [-0.2, -0.15) is 0 Å². The number of hydrogen-bond donors (Lipinski definition) is 0. The molecule has 1 aromatic carbocycles. The van der Waals surface area contributed by atoms with Crippen LogP contribution in [0.3, 0.4) is 0 Å². The van der Waals surface area contributed by atoms with Crippen molar-refractivity contribution in [2.24, 2.45) is 0 Å². The van der Waals surface area contributed by atoms with Crippen molar-refractivity contribution in [3.8, 4) is 11.5 Å². The summed E-state index contributed by atoms with van der Waals surface area (Å²) in [5.74, 6) is 1.79. The van der Waals surface area contributed by atoms with E-state index in [9.17, 15) is 0 Å². The number of epoxide rings is 1. The zero-order valence-electron chi connectivity index (χ0n) is 10.9. The molecule has 1 saturated heterocycles. The molecule has 1 aromatic rings. The minimum atomic E-state index is 0.0360. The highest BCUT2D eigenvalue weighted by atomic mass is 16.6. The molecule has 1 aliphatic heterocycles. The largest absolute Gasteiger partial charge is 0.497 e. The van der Waals surface area contributed by atoms with Crippen molar-refractivity contribution in [2.45, 2.75) is 32.3 Å². The van der Waals surface area contributed by atoms with Crippen LogP contribution in [0.5, 0.6) is 11.5 Å². The van der Waals surface area contributed by atoms with E-state index in [0.29, 0.717) is 6.61 Å². The predicted octanol–water partition coefficient (Wildman–Crippen LogP) is 2.77. The minimum Gasteiger partial charge on any atom is -0.497 e. The normalized spacial score (nSPS) is 18.9. The standard InChI is InChI=1S/C14H20O3/c1-14(2,3)12-7-10(15-4)5-6-13(12)17-9-11-8-16-11/h5-7,11H,8-9H2,1-4H3. The van der Waals surface area contributed by atoms with E-state index in [-0.39, 0.29) is 11.5 Å². The molecule has 1 unspecified atom stereocenters. The third kappa shape index (κ3) is 3.13. The van der Waals surface area contributed by atoms with Gasteiger partial charge in [0.1, 0.15) is 24.2 Å². The highest BCUT2D eigenvalue weighted by molar-refractivity contribution is 5.44. The average Bonchev–Trinajstić information content (AvgIpc) is 3.08. The Morgan fingerprint density at radius 1 is 1.35 bits per heavy atom. The van der Waals surface area contributed by atoms with Gasteiger partial charge < -0.3 is 14.2 Å². The summed E-state index contributed by atoms with van der Waals surface area (Å²) >= 11 is 0. The smallest absolute Gasteiger partial charge is 0.123 e. The summed E-state index contributed by atoms with van der Waals surface area (Å²) in [4.78, 5) is 0. The number of hydrogen-bond acceptors (Lipinski definition) is 3. The molecule has 1 aliphatic rings. The third-order valence-electron chi connectivity index (χ3n) is 2.82. The first-order valence-electron chi connectivity index (χ1n) is 5.93. The topological polar surface area (TPSA) is 31.0 Å². The van der Waals surface area contributed by atoms with Gasteiger partial charge in [0, 0.05) is 5.56 Å². The van der Waals surface area contributed by atoms with Crippen molar-refractivity contribution >= 4 is 0 Å². The van der Waals surface area contributed by atoms with Gasteiger partial charge in [-0.05, 0) is 23.6 Å². The van der Waals surface area contributed by atoms with Gasteiger partial charge in [-0.15, -0.1) is 0 Å². The first kappa shape index (κ1) is 12.2. The fourth-order valence-corrected chi connectivity index (χ4v) is 1.70. The van der Waals surface area contributed by atoms with Crippen LogP contribution in [0.15, 0.2) is 18.2 Å². The van der Waals surface area contributed by atoms with Crippen LogP contribution in [0.2, 0.25) is 0 Å². The van der Waals surface area contributed by atoms with E-state index < -0.39 is 0 Å². The molecule has 0 amide bonds. The fourth-order valence-electron chi connectivity index (χ4n) is 1.70. The molecule has 1 fully saturated rings. The lowest BCUT2D eigenvalue weighted by atomic mass is 9.86. The van der Waals surface area contributed by atoms with Crippen LogP contribution >= 0.6 is 0 Å². The Morgan fingerprint density at radius 2 is 2.06 bits per heavy atom. The Morgan fingerprint density at radius 3 is 2.59 bits per heavy atom. The van der Waals surface area contributed by atoms with Crippen molar-refractivity contribution in [3.05, 3.63) is 23.8 Å². The van der Waals surface area contributed by atoms with E-state index in [2.05, 4.69) is 20.8 Å². The molecular formula is C14H20O3. The maximum atomic E-state index is 5.81. The maximum absolute atomic E-state index is 5.81. The van der Waals surface area contributed by atoms with Crippen molar-refractivity contribution < 1.29 is 14.2 Å². The maximum Gasteiger partial charge on any atom is 0.123 e. The van der Waals surface area contributed by atoms with Gasteiger partial charge in [-0.3, -0.25) is 0 Å². The Balaban J connectivity index is 2.22. The highest BCUT2D eigenvalue weighted by Gasteiger charge is 2.25. The van der Waals surface area contributed by atoms with Crippen LogP contribution in [0.25, 0.3) is 0 Å². The molecule has 3 heteroatoms. The Bertz CT molecular complexity index is 389. The van der Waals surface area contributed by atoms with Gasteiger partial charge in [-0.1, -0.05) is 20.8 Å². The van der Waals surface area contributed by atoms with Crippen molar-refractivity contribution in [3.63, 3.8) is 0 Å². The van der Waals surface area contributed by atoms with Crippen molar-refractivity contribution in [2.75, 3.05) is 20.3 Å². The van der Waals surface area contributed by atoms with E-state index in [1.165, 1.54) is 0 Å². The van der Waals surface area contributed by atoms with E-state index in [0.717, 1.165) is 23.7 Å². The SMILES string of the molecule is COc1ccc(OCC2CO2)c(C(C)(C)C)c1. The van der Waals surface area contributed by atoms with Crippen LogP contribution < -0.4 is 9.47 Å². The average molecular weight is 236 g/mol. The van der Waals surface area contributed by atoms with Gasteiger partial charge >= 0.3 is 0 Å². The zero-order valence-corrected chi connectivity index (χ0v) is 10.9. The van der Waals surface area contributed by atoms with Crippen LogP contribution in [0.1, 0.15) is 26.3 Å². The lowest BCUT2D eigenvalue weighted by molar-refractivity contribution is 0.257. The molecule has 0 spiro atoms. The van der Waals surface area contributed by atoms with Crippen LogP contribution in [-0.4, -0.2) is 26.4 Å². The molecular weight excluding hydrogens is 216 g/mol. The summed E-state index contributed by atoms with van der Waals surface area (Å²) in [6, 6.07) is 5.95. The molecule has 1 heterocycles. The molecule has 17 heavy (non-hydrogen) atoms. The van der Waals surface area contributed by atoms with Crippen LogP contribution in [-0.2, 0) is 10.2 Å². The third-order valence-corrected chi connectivity index (χ3v) is 2.82. The monoisotopic (exact) mass is 236 g/mol. The minimum absolute atomic E-state index is 0.0360. The molecule has 2 rings (SSSR count). The van der Waals surface area contributed by atoms with E-state index in [4.69, 9.17) is 14.2 Å². The van der Waals surface area contributed by atoms with E-state index >= 15 is 0 Å².